The Kier molecular flexibility index (Phi) is 6.91. The average molecular weight is 482 g/mol. The van der Waals surface area contributed by atoms with Crippen molar-refractivity contribution in [2.45, 2.75) is 18.9 Å². The van der Waals surface area contributed by atoms with Crippen LogP contribution in [0, 0.1) is 11.3 Å². The van der Waals surface area contributed by atoms with E-state index < -0.39 is 0 Å². The van der Waals surface area contributed by atoms with Crippen molar-refractivity contribution in [3.05, 3.63) is 78.8 Å². The first-order chi connectivity index (χ1) is 17.7. The normalized spacial score (nSPS) is 15.6. The van der Waals surface area contributed by atoms with Crippen molar-refractivity contribution in [3.8, 4) is 17.3 Å². The number of piperidine rings is 1. The molecule has 2 aromatic carbocycles. The van der Waals surface area contributed by atoms with Gasteiger partial charge in [0.1, 0.15) is 6.54 Å². The van der Waals surface area contributed by atoms with E-state index in [0.29, 0.717) is 17.6 Å². The molecule has 1 aromatic heterocycles. The van der Waals surface area contributed by atoms with Crippen molar-refractivity contribution in [2.24, 2.45) is 0 Å². The first-order valence-corrected chi connectivity index (χ1v) is 11.9. The fourth-order valence-electron chi connectivity index (χ4n) is 4.34. The molecule has 10 nitrogen and oxygen atoms in total. The number of aromatic nitrogens is 2. The lowest BCUT2D eigenvalue weighted by molar-refractivity contribution is 0.0958. The first-order valence-electron chi connectivity index (χ1n) is 11.9. The van der Waals surface area contributed by atoms with E-state index in [0.717, 1.165) is 42.9 Å². The summed E-state index contributed by atoms with van der Waals surface area (Å²) in [5.41, 5.74) is 10.6. The topological polar surface area (TPSA) is 121 Å². The monoisotopic (exact) mass is 481 g/mol. The third-order valence-electron chi connectivity index (χ3n) is 6.26. The molecule has 5 rings (SSSR count). The van der Waals surface area contributed by atoms with Gasteiger partial charge in [-0.1, -0.05) is 12.1 Å². The number of hydrogen-bond acceptors (Lipinski definition) is 9. The van der Waals surface area contributed by atoms with E-state index in [1.54, 1.807) is 18.3 Å². The van der Waals surface area contributed by atoms with Gasteiger partial charge in [0.25, 0.3) is 5.91 Å². The summed E-state index contributed by atoms with van der Waals surface area (Å²) in [6.45, 7) is 1.98. The number of rotatable bonds is 7. The standard InChI is InChI=1S/C26H27N9O/c27-12-14-28-25(36)20-3-1-19(2-4-20)24-9-13-29-26(33-24)32-21-5-7-22(8-6-21)34-17-10-23(11-18-34)35-30-15-16-31-35/h1-9,13,15-16,23,30-31H,10-11,14,17-18H2,(H,28,36)(H,29,32,33). The highest BCUT2D eigenvalue weighted by atomic mass is 16.1. The highest BCUT2D eigenvalue weighted by Gasteiger charge is 2.25. The van der Waals surface area contributed by atoms with E-state index in [1.807, 2.05) is 48.8 Å². The molecular formula is C26H27N9O. The lowest BCUT2D eigenvalue weighted by Crippen LogP contribution is -2.51. The Morgan fingerprint density at radius 1 is 1.03 bits per heavy atom. The lowest BCUT2D eigenvalue weighted by Gasteiger charge is -2.37. The molecule has 1 fully saturated rings. The minimum absolute atomic E-state index is 0.0207. The molecule has 36 heavy (non-hydrogen) atoms. The summed E-state index contributed by atoms with van der Waals surface area (Å²) in [5.74, 6) is 0.218. The van der Waals surface area contributed by atoms with Crippen LogP contribution >= 0.6 is 0 Å². The molecule has 3 heterocycles. The number of benzene rings is 2. The van der Waals surface area contributed by atoms with E-state index in [-0.39, 0.29) is 12.5 Å². The molecule has 4 N–H and O–H groups in total. The second-order valence-electron chi connectivity index (χ2n) is 8.54. The Morgan fingerprint density at radius 3 is 2.44 bits per heavy atom. The van der Waals surface area contributed by atoms with Crippen LogP contribution in [-0.2, 0) is 0 Å². The number of amides is 1. The van der Waals surface area contributed by atoms with Crippen molar-refractivity contribution in [3.63, 3.8) is 0 Å². The molecule has 0 unspecified atom stereocenters. The molecule has 2 aliphatic heterocycles. The maximum atomic E-state index is 12.0. The summed E-state index contributed by atoms with van der Waals surface area (Å²) in [6.07, 6.45) is 7.68. The molecule has 3 aromatic rings. The second-order valence-corrected chi connectivity index (χ2v) is 8.54. The highest BCUT2D eigenvalue weighted by Crippen LogP contribution is 2.25. The lowest BCUT2D eigenvalue weighted by atomic mass is 10.0. The third kappa shape index (κ3) is 5.37. The van der Waals surface area contributed by atoms with Gasteiger partial charge in [-0.15, -0.1) is 5.12 Å². The summed E-state index contributed by atoms with van der Waals surface area (Å²) in [7, 11) is 0. The number of hydrogen-bond donors (Lipinski definition) is 4. The predicted molar refractivity (Wildman–Crippen MR) is 138 cm³/mol. The molecule has 0 saturated carbocycles. The summed E-state index contributed by atoms with van der Waals surface area (Å²) in [4.78, 5) is 23.4. The van der Waals surface area contributed by atoms with Crippen molar-refractivity contribution in [1.29, 1.82) is 5.26 Å². The van der Waals surface area contributed by atoms with Crippen molar-refractivity contribution < 1.29 is 4.79 Å². The molecule has 0 atom stereocenters. The molecule has 10 heteroatoms. The summed E-state index contributed by atoms with van der Waals surface area (Å²) < 4.78 is 0. The molecule has 0 radical (unpaired) electrons. The Hall–Kier alpha value is -4.62. The Bertz CT molecular complexity index is 1250. The number of nitriles is 1. The minimum atomic E-state index is -0.279. The quantitative estimate of drug-likeness (QED) is 0.377. The number of carbonyl (C=O) groups is 1. The zero-order chi connectivity index (χ0) is 24.7. The molecule has 0 spiro atoms. The highest BCUT2D eigenvalue weighted by molar-refractivity contribution is 5.94. The maximum Gasteiger partial charge on any atom is 0.252 e. The molecule has 0 aliphatic carbocycles. The summed E-state index contributed by atoms with van der Waals surface area (Å²) in [5, 5.41) is 16.5. The van der Waals surface area contributed by atoms with Crippen LogP contribution in [0.3, 0.4) is 0 Å². The predicted octanol–water partition coefficient (Wildman–Crippen LogP) is 2.91. The van der Waals surface area contributed by atoms with Gasteiger partial charge in [0.05, 0.1) is 17.8 Å². The van der Waals surface area contributed by atoms with Gasteiger partial charge in [0.2, 0.25) is 5.95 Å². The van der Waals surface area contributed by atoms with Crippen LogP contribution in [0.1, 0.15) is 23.2 Å². The van der Waals surface area contributed by atoms with Crippen LogP contribution in [0.25, 0.3) is 11.3 Å². The molecular weight excluding hydrogens is 454 g/mol. The van der Waals surface area contributed by atoms with Gasteiger partial charge in [-0.2, -0.15) is 5.26 Å². The van der Waals surface area contributed by atoms with E-state index >= 15 is 0 Å². The molecule has 2 aliphatic rings. The molecule has 0 bridgehead atoms. The van der Waals surface area contributed by atoms with E-state index in [1.165, 1.54) is 5.69 Å². The molecule has 1 saturated heterocycles. The van der Waals surface area contributed by atoms with Crippen LogP contribution in [0.15, 0.2) is 73.2 Å². The Balaban J connectivity index is 1.19. The number of hydrazine groups is 2. The summed E-state index contributed by atoms with van der Waals surface area (Å²) >= 11 is 0. The first kappa shape index (κ1) is 23.1. The number of nitrogens with zero attached hydrogens (tertiary/aromatic N) is 5. The molecule has 1 amide bonds. The SMILES string of the molecule is N#CCNC(=O)c1ccc(-c2ccnc(Nc3ccc(N4CCC(N5NC=CN5)CC4)cc3)n2)cc1. The summed E-state index contributed by atoms with van der Waals surface area (Å²) in [6, 6.07) is 19.6. The van der Waals surface area contributed by atoms with Crippen molar-refractivity contribution >= 4 is 23.2 Å². The zero-order valence-corrected chi connectivity index (χ0v) is 19.7. The van der Waals surface area contributed by atoms with E-state index in [2.05, 4.69) is 53.6 Å². The van der Waals surface area contributed by atoms with Crippen LogP contribution in [0.2, 0.25) is 0 Å². The smallest absolute Gasteiger partial charge is 0.252 e. The van der Waals surface area contributed by atoms with Gasteiger partial charge in [-0.25, -0.2) is 9.97 Å². The van der Waals surface area contributed by atoms with Crippen LogP contribution in [-0.4, -0.2) is 46.7 Å². The van der Waals surface area contributed by atoms with Gasteiger partial charge in [-0.05, 0) is 55.3 Å². The Labute approximate surface area is 209 Å². The fraction of sp³-hybridized carbons (Fsp3) is 0.231. The Morgan fingerprint density at radius 2 is 1.75 bits per heavy atom. The minimum Gasteiger partial charge on any atom is -0.371 e. The van der Waals surface area contributed by atoms with Crippen molar-refractivity contribution in [2.75, 3.05) is 29.9 Å². The van der Waals surface area contributed by atoms with Crippen LogP contribution < -0.4 is 26.4 Å². The fourth-order valence-corrected chi connectivity index (χ4v) is 4.34. The number of anilines is 3. The number of nitrogens with one attached hydrogen (secondary N) is 4. The van der Waals surface area contributed by atoms with Gasteiger partial charge in [-0.3, -0.25) is 4.79 Å². The van der Waals surface area contributed by atoms with Crippen LogP contribution in [0.5, 0.6) is 0 Å². The van der Waals surface area contributed by atoms with E-state index in [4.69, 9.17) is 5.26 Å². The third-order valence-corrected chi connectivity index (χ3v) is 6.26. The van der Waals surface area contributed by atoms with Gasteiger partial charge >= 0.3 is 0 Å². The zero-order valence-electron chi connectivity index (χ0n) is 19.7. The number of carbonyl (C=O) groups excluding carboxylic acids is 1. The van der Waals surface area contributed by atoms with Gasteiger partial charge in [0.15, 0.2) is 0 Å². The molecule has 182 valence electrons. The largest absolute Gasteiger partial charge is 0.371 e. The second kappa shape index (κ2) is 10.8. The van der Waals surface area contributed by atoms with E-state index in [9.17, 15) is 4.79 Å². The van der Waals surface area contributed by atoms with Gasteiger partial charge < -0.3 is 26.4 Å². The average Bonchev–Trinajstić information content (AvgIpc) is 3.48. The van der Waals surface area contributed by atoms with Gasteiger partial charge in [0, 0.05) is 54.2 Å². The van der Waals surface area contributed by atoms with Crippen LogP contribution in [0.4, 0.5) is 17.3 Å². The van der Waals surface area contributed by atoms with Crippen molar-refractivity contribution in [1.82, 2.24) is 31.3 Å². The maximum absolute atomic E-state index is 12.0.